The monoisotopic (exact) mass is 319 g/mol. The number of nitrogens with zero attached hydrogens (tertiary/aromatic N) is 1. The van der Waals surface area contributed by atoms with E-state index in [1.807, 2.05) is 60.7 Å². The van der Waals surface area contributed by atoms with Crippen molar-refractivity contribution in [2.45, 2.75) is 13.0 Å². The van der Waals surface area contributed by atoms with Crippen molar-refractivity contribution in [2.24, 2.45) is 0 Å². The molecule has 0 bridgehead atoms. The van der Waals surface area contributed by atoms with Crippen LogP contribution < -0.4 is 4.90 Å². The van der Waals surface area contributed by atoms with Crippen LogP contribution in [0.3, 0.4) is 0 Å². The Balaban J connectivity index is 1.85. The maximum absolute atomic E-state index is 13.4. The fourth-order valence-electron chi connectivity index (χ4n) is 2.61. The average Bonchev–Trinajstić information content (AvgIpc) is 2.61. The number of para-hydroxylation sites is 1. The molecule has 0 fully saturated rings. The second-order valence-electron chi connectivity index (χ2n) is 5.61. The summed E-state index contributed by atoms with van der Waals surface area (Å²) in [6.45, 7) is 0.485. The fraction of sp³-hybridized carbons (Fsp3) is 0.0952. The van der Waals surface area contributed by atoms with Gasteiger partial charge in [-0.25, -0.2) is 4.39 Å². The predicted molar refractivity (Wildman–Crippen MR) is 94.2 cm³/mol. The molecule has 0 saturated heterocycles. The zero-order chi connectivity index (χ0) is 16.8. The van der Waals surface area contributed by atoms with Crippen LogP contribution in [-0.4, -0.2) is 5.91 Å². The molecule has 1 amide bonds. The van der Waals surface area contributed by atoms with Crippen molar-refractivity contribution in [3.8, 4) is 0 Å². The molecule has 3 aromatic carbocycles. The molecule has 3 rings (SSSR count). The normalized spacial score (nSPS) is 10.4. The fourth-order valence-corrected chi connectivity index (χ4v) is 2.61. The van der Waals surface area contributed by atoms with E-state index in [1.54, 1.807) is 17.0 Å². The molecule has 2 nitrogen and oxygen atoms in total. The molecule has 24 heavy (non-hydrogen) atoms. The van der Waals surface area contributed by atoms with Crippen LogP contribution >= 0.6 is 0 Å². The Bertz CT molecular complexity index is 802. The summed E-state index contributed by atoms with van der Waals surface area (Å²) in [7, 11) is 0. The topological polar surface area (TPSA) is 20.3 Å². The van der Waals surface area contributed by atoms with Crippen LogP contribution in [0.4, 0.5) is 10.1 Å². The van der Waals surface area contributed by atoms with Crippen LogP contribution in [0.25, 0.3) is 0 Å². The van der Waals surface area contributed by atoms with E-state index in [-0.39, 0.29) is 18.1 Å². The molecular formula is C21H18FNO. The summed E-state index contributed by atoms with van der Waals surface area (Å²) in [5, 5.41) is 0. The van der Waals surface area contributed by atoms with Gasteiger partial charge in [0.15, 0.2) is 0 Å². The Hall–Kier alpha value is -2.94. The van der Waals surface area contributed by atoms with Gasteiger partial charge in [-0.1, -0.05) is 60.7 Å². The van der Waals surface area contributed by atoms with Gasteiger partial charge in [0.25, 0.3) is 0 Å². The summed E-state index contributed by atoms with van der Waals surface area (Å²) in [5.41, 5.74) is 2.56. The van der Waals surface area contributed by atoms with E-state index in [1.165, 1.54) is 12.1 Å². The van der Waals surface area contributed by atoms with Gasteiger partial charge in [0, 0.05) is 5.69 Å². The van der Waals surface area contributed by atoms with E-state index in [9.17, 15) is 9.18 Å². The molecule has 0 N–H and O–H groups in total. The highest BCUT2D eigenvalue weighted by atomic mass is 19.1. The molecule has 3 heteroatoms. The van der Waals surface area contributed by atoms with Crippen molar-refractivity contribution in [2.75, 3.05) is 4.90 Å². The van der Waals surface area contributed by atoms with E-state index in [0.717, 1.165) is 11.3 Å². The lowest BCUT2D eigenvalue weighted by molar-refractivity contribution is -0.118. The molecular weight excluding hydrogens is 301 g/mol. The zero-order valence-electron chi connectivity index (χ0n) is 13.2. The maximum Gasteiger partial charge on any atom is 0.231 e. The minimum absolute atomic E-state index is 0.0596. The lowest BCUT2D eigenvalue weighted by atomic mass is 10.1. The Morgan fingerprint density at radius 3 is 2.08 bits per heavy atom. The second kappa shape index (κ2) is 7.55. The first-order valence-electron chi connectivity index (χ1n) is 7.86. The Morgan fingerprint density at radius 2 is 1.42 bits per heavy atom. The number of benzene rings is 3. The molecule has 0 aliphatic rings. The molecule has 0 aliphatic heterocycles. The van der Waals surface area contributed by atoms with Gasteiger partial charge in [0.05, 0.1) is 13.0 Å². The molecule has 120 valence electrons. The van der Waals surface area contributed by atoms with Gasteiger partial charge in [-0.05, 0) is 35.4 Å². The van der Waals surface area contributed by atoms with Crippen LogP contribution in [0.1, 0.15) is 11.1 Å². The Morgan fingerprint density at radius 1 is 0.792 bits per heavy atom. The molecule has 0 unspecified atom stereocenters. The third-order valence-corrected chi connectivity index (χ3v) is 3.80. The predicted octanol–water partition coefficient (Wildman–Crippen LogP) is 4.60. The molecule has 0 heterocycles. The number of rotatable bonds is 5. The van der Waals surface area contributed by atoms with E-state index >= 15 is 0 Å². The first-order valence-corrected chi connectivity index (χ1v) is 7.86. The summed E-state index contributed by atoms with van der Waals surface area (Å²) >= 11 is 0. The van der Waals surface area contributed by atoms with Gasteiger partial charge >= 0.3 is 0 Å². The molecule has 0 aliphatic carbocycles. The van der Waals surface area contributed by atoms with Gasteiger partial charge in [0.2, 0.25) is 5.91 Å². The van der Waals surface area contributed by atoms with Crippen molar-refractivity contribution in [1.82, 2.24) is 0 Å². The summed E-state index contributed by atoms with van der Waals surface area (Å²) in [6, 6.07) is 25.6. The van der Waals surface area contributed by atoms with Gasteiger partial charge in [-0.15, -0.1) is 0 Å². The summed E-state index contributed by atoms with van der Waals surface area (Å²) < 4.78 is 13.4. The number of amides is 1. The van der Waals surface area contributed by atoms with E-state index in [2.05, 4.69) is 0 Å². The number of halogens is 1. The number of carbonyl (C=O) groups excluding carboxylic acids is 1. The number of carbonyl (C=O) groups is 1. The minimum Gasteiger partial charge on any atom is -0.308 e. The van der Waals surface area contributed by atoms with Crippen LogP contribution in [-0.2, 0) is 17.8 Å². The van der Waals surface area contributed by atoms with Crippen molar-refractivity contribution < 1.29 is 9.18 Å². The van der Waals surface area contributed by atoms with Crippen molar-refractivity contribution >= 4 is 11.6 Å². The second-order valence-corrected chi connectivity index (χ2v) is 5.61. The largest absolute Gasteiger partial charge is 0.308 e. The van der Waals surface area contributed by atoms with Gasteiger partial charge in [-0.2, -0.15) is 0 Å². The smallest absolute Gasteiger partial charge is 0.231 e. The van der Waals surface area contributed by atoms with Crippen molar-refractivity contribution in [3.63, 3.8) is 0 Å². The maximum atomic E-state index is 13.4. The van der Waals surface area contributed by atoms with Gasteiger partial charge in [0.1, 0.15) is 5.82 Å². The molecule has 0 saturated carbocycles. The molecule has 0 atom stereocenters. The molecule has 0 aromatic heterocycles. The van der Waals surface area contributed by atoms with Crippen LogP contribution in [0.2, 0.25) is 0 Å². The highest BCUT2D eigenvalue weighted by Gasteiger charge is 2.16. The van der Waals surface area contributed by atoms with Crippen LogP contribution in [0.15, 0.2) is 84.9 Å². The van der Waals surface area contributed by atoms with Crippen LogP contribution in [0, 0.1) is 5.82 Å². The van der Waals surface area contributed by atoms with E-state index in [4.69, 9.17) is 0 Å². The van der Waals surface area contributed by atoms with Crippen LogP contribution in [0.5, 0.6) is 0 Å². The zero-order valence-corrected chi connectivity index (χ0v) is 13.2. The van der Waals surface area contributed by atoms with Gasteiger partial charge < -0.3 is 4.90 Å². The van der Waals surface area contributed by atoms with Gasteiger partial charge in [-0.3, -0.25) is 4.79 Å². The number of anilines is 1. The first-order chi connectivity index (χ1) is 11.7. The van der Waals surface area contributed by atoms with E-state index < -0.39 is 0 Å². The number of hydrogen-bond donors (Lipinski definition) is 0. The summed E-state index contributed by atoms with van der Waals surface area (Å²) in [5.74, 6) is -0.384. The minimum atomic E-state index is -0.324. The SMILES string of the molecule is O=C(Cc1cccc(F)c1)N(Cc1ccccc1)c1ccccc1. The summed E-state index contributed by atoms with van der Waals surface area (Å²) in [4.78, 5) is 14.6. The van der Waals surface area contributed by atoms with Crippen molar-refractivity contribution in [3.05, 3.63) is 102 Å². The van der Waals surface area contributed by atoms with E-state index in [0.29, 0.717) is 12.1 Å². The summed E-state index contributed by atoms with van der Waals surface area (Å²) in [6.07, 6.45) is 0.166. The molecule has 3 aromatic rings. The highest BCUT2D eigenvalue weighted by Crippen LogP contribution is 2.19. The standard InChI is InChI=1S/C21H18FNO/c22-19-11-7-10-18(14-19)15-21(24)23(20-12-5-2-6-13-20)16-17-8-3-1-4-9-17/h1-14H,15-16H2. The quantitative estimate of drug-likeness (QED) is 0.673. The lowest BCUT2D eigenvalue weighted by Crippen LogP contribution is -2.31. The number of hydrogen-bond acceptors (Lipinski definition) is 1. The Labute approximate surface area is 141 Å². The van der Waals surface area contributed by atoms with Crippen molar-refractivity contribution in [1.29, 1.82) is 0 Å². The third kappa shape index (κ3) is 4.07. The average molecular weight is 319 g/mol. The highest BCUT2D eigenvalue weighted by molar-refractivity contribution is 5.94. The molecule has 0 spiro atoms. The molecule has 0 radical (unpaired) electrons. The Kier molecular flexibility index (Phi) is 5.02. The third-order valence-electron chi connectivity index (χ3n) is 3.80. The first kappa shape index (κ1) is 15.9. The lowest BCUT2D eigenvalue weighted by Gasteiger charge is -2.23.